The van der Waals surface area contributed by atoms with E-state index in [-0.39, 0.29) is 11.8 Å². The van der Waals surface area contributed by atoms with Crippen molar-refractivity contribution in [1.29, 1.82) is 0 Å². The van der Waals surface area contributed by atoms with E-state index in [1.54, 1.807) is 0 Å². The Morgan fingerprint density at radius 3 is 2.96 bits per heavy atom. The number of fused-ring (bicyclic) bond motifs is 2. The molecule has 1 amide bonds. The van der Waals surface area contributed by atoms with Crippen LogP contribution in [0.2, 0.25) is 0 Å². The summed E-state index contributed by atoms with van der Waals surface area (Å²) in [7, 11) is 0. The summed E-state index contributed by atoms with van der Waals surface area (Å²) < 4.78 is 5.77. The highest BCUT2D eigenvalue weighted by molar-refractivity contribution is 5.95. The number of carbonyl (C=O) groups excluding carboxylic acids is 1. The molecule has 0 bridgehead atoms. The molecule has 1 N–H and O–H groups in total. The summed E-state index contributed by atoms with van der Waals surface area (Å²) in [6, 6.07) is 16.3. The summed E-state index contributed by atoms with van der Waals surface area (Å²) in [4.78, 5) is 14.9. The maximum atomic E-state index is 13.0. The molecule has 4 heteroatoms. The van der Waals surface area contributed by atoms with Crippen LogP contribution in [-0.4, -0.2) is 25.6 Å². The number of para-hydroxylation sites is 2. The van der Waals surface area contributed by atoms with Crippen LogP contribution in [-0.2, 0) is 11.3 Å². The average Bonchev–Trinajstić information content (AvgIpc) is 2.84. The van der Waals surface area contributed by atoms with Gasteiger partial charge in [-0.1, -0.05) is 36.4 Å². The minimum Gasteiger partial charge on any atom is -0.491 e. The third-order valence-corrected chi connectivity index (χ3v) is 4.86. The van der Waals surface area contributed by atoms with E-state index in [1.807, 2.05) is 29.2 Å². The highest BCUT2D eigenvalue weighted by atomic mass is 16.5. The van der Waals surface area contributed by atoms with Crippen LogP contribution < -0.4 is 15.0 Å². The van der Waals surface area contributed by atoms with Crippen molar-refractivity contribution in [3.05, 3.63) is 59.7 Å². The van der Waals surface area contributed by atoms with Crippen molar-refractivity contribution in [2.45, 2.75) is 25.3 Å². The molecule has 124 valence electrons. The second-order valence-electron chi connectivity index (χ2n) is 6.45. The molecule has 4 rings (SSSR count). The molecule has 0 radical (unpaired) electrons. The Morgan fingerprint density at radius 1 is 1.17 bits per heavy atom. The third-order valence-electron chi connectivity index (χ3n) is 4.86. The van der Waals surface area contributed by atoms with Crippen molar-refractivity contribution in [2.24, 2.45) is 0 Å². The zero-order valence-corrected chi connectivity index (χ0v) is 13.7. The molecule has 0 saturated heterocycles. The molecule has 2 aromatic rings. The van der Waals surface area contributed by atoms with Gasteiger partial charge in [0, 0.05) is 32.0 Å². The Labute approximate surface area is 142 Å². The zero-order chi connectivity index (χ0) is 16.4. The molecule has 4 nitrogen and oxygen atoms in total. The first-order valence-corrected chi connectivity index (χ1v) is 8.63. The van der Waals surface area contributed by atoms with Gasteiger partial charge in [-0.2, -0.15) is 0 Å². The number of carbonyl (C=O) groups is 1. The summed E-state index contributed by atoms with van der Waals surface area (Å²) in [5.41, 5.74) is 3.52. The number of benzene rings is 2. The van der Waals surface area contributed by atoms with Gasteiger partial charge in [0.15, 0.2) is 0 Å². The Bertz CT molecular complexity index is 744. The van der Waals surface area contributed by atoms with Crippen molar-refractivity contribution >= 4 is 11.6 Å². The van der Waals surface area contributed by atoms with Crippen molar-refractivity contribution < 1.29 is 9.53 Å². The number of nitrogens with one attached hydrogen (secondary N) is 1. The van der Waals surface area contributed by atoms with Gasteiger partial charge >= 0.3 is 0 Å². The number of rotatable bonds is 2. The molecule has 0 fully saturated rings. The third kappa shape index (κ3) is 2.89. The number of amides is 1. The topological polar surface area (TPSA) is 41.6 Å². The zero-order valence-electron chi connectivity index (χ0n) is 13.7. The van der Waals surface area contributed by atoms with Gasteiger partial charge in [-0.3, -0.25) is 4.79 Å². The molecule has 0 aromatic heterocycles. The smallest absolute Gasteiger partial charge is 0.227 e. The molecule has 1 atom stereocenters. The van der Waals surface area contributed by atoms with E-state index in [0.717, 1.165) is 37.5 Å². The predicted molar refractivity (Wildman–Crippen MR) is 94.4 cm³/mol. The highest BCUT2D eigenvalue weighted by Gasteiger charge is 2.27. The maximum Gasteiger partial charge on any atom is 0.227 e. The van der Waals surface area contributed by atoms with Crippen LogP contribution in [0.25, 0.3) is 0 Å². The molecule has 0 aliphatic carbocycles. The van der Waals surface area contributed by atoms with E-state index in [0.29, 0.717) is 13.0 Å². The molecule has 1 unspecified atom stereocenters. The Morgan fingerprint density at radius 2 is 2.00 bits per heavy atom. The molecular formula is C20H22N2O2. The summed E-state index contributed by atoms with van der Waals surface area (Å²) in [6.07, 6.45) is 1.39. The summed E-state index contributed by atoms with van der Waals surface area (Å²) in [6.45, 7) is 3.13. The number of hydrogen-bond donors (Lipinski definition) is 1. The fraction of sp³-hybridized carbons (Fsp3) is 0.350. The predicted octanol–water partition coefficient (Wildman–Crippen LogP) is 3.08. The summed E-state index contributed by atoms with van der Waals surface area (Å²) in [5, 5.41) is 3.44. The average molecular weight is 322 g/mol. The van der Waals surface area contributed by atoms with Crippen LogP contribution in [0.4, 0.5) is 5.69 Å². The van der Waals surface area contributed by atoms with Crippen LogP contribution in [0.15, 0.2) is 48.5 Å². The first kappa shape index (κ1) is 15.2. The lowest BCUT2D eigenvalue weighted by molar-refractivity contribution is -0.119. The molecular weight excluding hydrogens is 300 g/mol. The van der Waals surface area contributed by atoms with Crippen LogP contribution in [0, 0.1) is 0 Å². The normalized spacial score (nSPS) is 19.7. The van der Waals surface area contributed by atoms with E-state index in [2.05, 4.69) is 29.6 Å². The standard InChI is InChI=1S/C20H22N2O2/c23-20(12-16-14-21-13-15-6-1-2-7-17(15)16)22-10-5-11-24-19-9-4-3-8-18(19)22/h1-4,6-9,16,21H,5,10-14H2. The van der Waals surface area contributed by atoms with Gasteiger partial charge in [-0.25, -0.2) is 0 Å². The number of anilines is 1. The highest BCUT2D eigenvalue weighted by Crippen LogP contribution is 2.33. The minimum atomic E-state index is 0.177. The van der Waals surface area contributed by atoms with Gasteiger partial charge in [0.1, 0.15) is 5.75 Å². The Kier molecular flexibility index (Phi) is 4.22. The summed E-state index contributed by atoms with van der Waals surface area (Å²) in [5.74, 6) is 1.22. The van der Waals surface area contributed by atoms with Gasteiger partial charge < -0.3 is 15.0 Å². The number of nitrogens with zero attached hydrogens (tertiary/aromatic N) is 1. The fourth-order valence-electron chi connectivity index (χ4n) is 3.67. The van der Waals surface area contributed by atoms with Crippen LogP contribution in [0.5, 0.6) is 5.75 Å². The molecule has 2 aliphatic rings. The quantitative estimate of drug-likeness (QED) is 0.924. The number of hydrogen-bond acceptors (Lipinski definition) is 3. The largest absolute Gasteiger partial charge is 0.491 e. The van der Waals surface area contributed by atoms with E-state index in [9.17, 15) is 4.79 Å². The first-order chi connectivity index (χ1) is 11.8. The first-order valence-electron chi connectivity index (χ1n) is 8.63. The molecule has 0 saturated carbocycles. The minimum absolute atomic E-state index is 0.177. The molecule has 24 heavy (non-hydrogen) atoms. The SMILES string of the molecule is O=C(CC1CNCc2ccccc21)N1CCCOc2ccccc21. The Hall–Kier alpha value is -2.33. The van der Waals surface area contributed by atoms with Crippen LogP contribution in [0.3, 0.4) is 0 Å². The van der Waals surface area contributed by atoms with Crippen molar-refractivity contribution in [3.63, 3.8) is 0 Å². The van der Waals surface area contributed by atoms with Gasteiger partial charge in [0.2, 0.25) is 5.91 Å². The lowest BCUT2D eigenvalue weighted by Crippen LogP contribution is -2.36. The van der Waals surface area contributed by atoms with Crippen LogP contribution >= 0.6 is 0 Å². The van der Waals surface area contributed by atoms with Gasteiger partial charge in [0.05, 0.1) is 12.3 Å². The lowest BCUT2D eigenvalue weighted by Gasteiger charge is -2.29. The summed E-state index contributed by atoms with van der Waals surface area (Å²) >= 11 is 0. The lowest BCUT2D eigenvalue weighted by atomic mass is 9.88. The molecule has 0 spiro atoms. The van der Waals surface area contributed by atoms with Crippen molar-refractivity contribution in [2.75, 3.05) is 24.6 Å². The van der Waals surface area contributed by atoms with Crippen molar-refractivity contribution in [3.8, 4) is 5.75 Å². The Balaban J connectivity index is 1.57. The van der Waals surface area contributed by atoms with Crippen LogP contribution in [0.1, 0.15) is 29.9 Å². The van der Waals surface area contributed by atoms with E-state index >= 15 is 0 Å². The van der Waals surface area contributed by atoms with Crippen molar-refractivity contribution in [1.82, 2.24) is 5.32 Å². The van der Waals surface area contributed by atoms with E-state index < -0.39 is 0 Å². The molecule has 2 aromatic carbocycles. The fourth-order valence-corrected chi connectivity index (χ4v) is 3.67. The van der Waals surface area contributed by atoms with Gasteiger partial charge in [0.25, 0.3) is 0 Å². The van der Waals surface area contributed by atoms with E-state index in [4.69, 9.17) is 4.74 Å². The monoisotopic (exact) mass is 322 g/mol. The number of ether oxygens (including phenoxy) is 1. The molecule has 2 aliphatic heterocycles. The van der Waals surface area contributed by atoms with E-state index in [1.165, 1.54) is 11.1 Å². The molecule has 2 heterocycles. The maximum absolute atomic E-state index is 13.0. The van der Waals surface area contributed by atoms with Gasteiger partial charge in [-0.15, -0.1) is 0 Å². The van der Waals surface area contributed by atoms with Gasteiger partial charge in [-0.05, 0) is 29.7 Å². The second-order valence-corrected chi connectivity index (χ2v) is 6.45. The second kappa shape index (κ2) is 6.65.